The number of nitrogens with one attached hydrogen (secondary N) is 1. The van der Waals surface area contributed by atoms with Gasteiger partial charge in [-0.2, -0.15) is 0 Å². The third-order valence-electron chi connectivity index (χ3n) is 8.07. The molecular formula is C28H34N2O4. The SMILES string of the molecule is O=C(COCc1ccccc1)N1CC2C(CNC(=O)C(O)(c3ccccc3)C3CCCC3)C2C1. The van der Waals surface area contributed by atoms with E-state index in [2.05, 4.69) is 5.32 Å². The summed E-state index contributed by atoms with van der Waals surface area (Å²) < 4.78 is 5.60. The molecule has 2 aromatic rings. The second kappa shape index (κ2) is 9.88. The van der Waals surface area contributed by atoms with Crippen molar-refractivity contribution in [1.29, 1.82) is 0 Å². The van der Waals surface area contributed by atoms with E-state index in [9.17, 15) is 14.7 Å². The Balaban J connectivity index is 1.09. The van der Waals surface area contributed by atoms with Crippen molar-refractivity contribution < 1.29 is 19.4 Å². The Hall–Kier alpha value is -2.70. The van der Waals surface area contributed by atoms with Crippen molar-refractivity contribution in [1.82, 2.24) is 10.2 Å². The van der Waals surface area contributed by atoms with Crippen molar-refractivity contribution in [2.45, 2.75) is 37.9 Å². The Morgan fingerprint density at radius 1 is 0.971 bits per heavy atom. The van der Waals surface area contributed by atoms with Gasteiger partial charge in [0, 0.05) is 25.6 Å². The molecule has 2 aliphatic carbocycles. The first-order valence-corrected chi connectivity index (χ1v) is 12.5. The van der Waals surface area contributed by atoms with Gasteiger partial charge in [-0.05, 0) is 41.7 Å². The fraction of sp³-hybridized carbons (Fsp3) is 0.500. The number of benzene rings is 2. The quantitative estimate of drug-likeness (QED) is 0.600. The molecule has 3 unspecified atom stereocenters. The first kappa shape index (κ1) is 23.1. The number of piperidine rings is 1. The maximum atomic E-state index is 13.3. The molecule has 0 aromatic heterocycles. The summed E-state index contributed by atoms with van der Waals surface area (Å²) in [5, 5.41) is 14.7. The van der Waals surface area contributed by atoms with E-state index >= 15 is 0 Å². The Labute approximate surface area is 201 Å². The maximum absolute atomic E-state index is 13.3. The summed E-state index contributed by atoms with van der Waals surface area (Å²) in [5.41, 5.74) is 0.269. The number of ether oxygens (including phenoxy) is 1. The van der Waals surface area contributed by atoms with Gasteiger partial charge < -0.3 is 20.1 Å². The molecule has 0 spiro atoms. The van der Waals surface area contributed by atoms with Gasteiger partial charge in [-0.1, -0.05) is 73.5 Å². The van der Waals surface area contributed by atoms with E-state index < -0.39 is 5.60 Å². The second-order valence-corrected chi connectivity index (χ2v) is 10.1. The Kier molecular flexibility index (Phi) is 6.70. The minimum absolute atomic E-state index is 0.0330. The average Bonchev–Trinajstić information content (AvgIpc) is 3.26. The van der Waals surface area contributed by atoms with Crippen LogP contribution >= 0.6 is 0 Å². The predicted octanol–water partition coefficient (Wildman–Crippen LogP) is 3.10. The molecule has 0 bridgehead atoms. The molecule has 1 heterocycles. The highest BCUT2D eigenvalue weighted by Crippen LogP contribution is 2.51. The monoisotopic (exact) mass is 462 g/mol. The number of hydrogen-bond donors (Lipinski definition) is 2. The standard InChI is InChI=1S/C28H34N2O4/c31-26(19-34-18-20-9-3-1-4-10-20)30-16-24-23(25(24)17-30)15-29-27(32)28(33,22-13-7-8-14-22)21-11-5-2-6-12-21/h1-6,9-12,22-25,33H,7-8,13-19H2,(H,29,32). The van der Waals surface area contributed by atoms with Gasteiger partial charge in [-0.15, -0.1) is 0 Å². The van der Waals surface area contributed by atoms with Crippen LogP contribution in [0.5, 0.6) is 0 Å². The number of hydrogen-bond acceptors (Lipinski definition) is 4. The topological polar surface area (TPSA) is 78.9 Å². The number of fused-ring (bicyclic) bond motifs is 1. The smallest absolute Gasteiger partial charge is 0.256 e. The third-order valence-corrected chi connectivity index (χ3v) is 8.07. The highest BCUT2D eigenvalue weighted by atomic mass is 16.5. The number of nitrogens with zero attached hydrogens (tertiary/aromatic N) is 1. The second-order valence-electron chi connectivity index (χ2n) is 10.1. The van der Waals surface area contributed by atoms with Gasteiger partial charge in [0.1, 0.15) is 6.61 Å². The molecule has 2 N–H and O–H groups in total. The first-order chi connectivity index (χ1) is 16.6. The van der Waals surface area contributed by atoms with Crippen LogP contribution in [0.25, 0.3) is 0 Å². The van der Waals surface area contributed by atoms with Crippen molar-refractivity contribution in [3.05, 3.63) is 71.8 Å². The van der Waals surface area contributed by atoms with E-state index in [4.69, 9.17) is 4.74 Å². The van der Waals surface area contributed by atoms with Crippen molar-refractivity contribution >= 4 is 11.8 Å². The molecule has 3 fully saturated rings. The summed E-state index contributed by atoms with van der Waals surface area (Å²) in [4.78, 5) is 27.7. The zero-order valence-electron chi connectivity index (χ0n) is 19.6. The number of carbonyl (C=O) groups excluding carboxylic acids is 2. The fourth-order valence-electron chi connectivity index (χ4n) is 6.01. The summed E-state index contributed by atoms with van der Waals surface area (Å²) in [7, 11) is 0. The van der Waals surface area contributed by atoms with Crippen LogP contribution in [-0.2, 0) is 26.5 Å². The minimum atomic E-state index is -1.47. The molecule has 3 aliphatic rings. The van der Waals surface area contributed by atoms with Crippen LogP contribution < -0.4 is 5.32 Å². The molecule has 5 rings (SSSR count). The number of aliphatic hydroxyl groups is 1. The van der Waals surface area contributed by atoms with E-state index in [1.807, 2.05) is 65.6 Å². The highest BCUT2D eigenvalue weighted by molar-refractivity contribution is 5.86. The molecule has 0 radical (unpaired) electrons. The summed E-state index contributed by atoms with van der Waals surface area (Å²) in [5.74, 6) is 0.937. The predicted molar refractivity (Wildman–Crippen MR) is 128 cm³/mol. The van der Waals surface area contributed by atoms with Crippen LogP contribution in [0.4, 0.5) is 0 Å². The van der Waals surface area contributed by atoms with E-state index in [1.54, 1.807) is 0 Å². The molecule has 2 aromatic carbocycles. The molecule has 2 saturated carbocycles. The lowest BCUT2D eigenvalue weighted by molar-refractivity contribution is -0.147. The summed E-state index contributed by atoms with van der Waals surface area (Å²) >= 11 is 0. The molecule has 3 atom stereocenters. The van der Waals surface area contributed by atoms with Gasteiger partial charge in [0.25, 0.3) is 5.91 Å². The number of likely N-dealkylation sites (tertiary alicyclic amines) is 1. The molecule has 34 heavy (non-hydrogen) atoms. The van der Waals surface area contributed by atoms with Crippen molar-refractivity contribution in [3.8, 4) is 0 Å². The van der Waals surface area contributed by atoms with Crippen LogP contribution in [0.1, 0.15) is 36.8 Å². The van der Waals surface area contributed by atoms with Gasteiger partial charge >= 0.3 is 0 Å². The van der Waals surface area contributed by atoms with Gasteiger partial charge in [0.05, 0.1) is 6.61 Å². The number of amides is 2. The molecule has 2 amide bonds. The number of carbonyl (C=O) groups is 2. The summed E-state index contributed by atoms with van der Waals surface area (Å²) in [6, 6.07) is 19.2. The van der Waals surface area contributed by atoms with Crippen molar-refractivity contribution in [2.75, 3.05) is 26.2 Å². The van der Waals surface area contributed by atoms with Crippen molar-refractivity contribution in [2.24, 2.45) is 23.7 Å². The molecule has 180 valence electrons. The third kappa shape index (κ3) is 4.62. The van der Waals surface area contributed by atoms with Gasteiger partial charge in [0.15, 0.2) is 5.60 Å². The summed E-state index contributed by atoms with van der Waals surface area (Å²) in [6.07, 6.45) is 3.85. The first-order valence-electron chi connectivity index (χ1n) is 12.5. The van der Waals surface area contributed by atoms with E-state index in [1.165, 1.54) is 0 Å². The van der Waals surface area contributed by atoms with Gasteiger partial charge in [-0.25, -0.2) is 0 Å². The van der Waals surface area contributed by atoms with Crippen LogP contribution in [0, 0.1) is 23.7 Å². The van der Waals surface area contributed by atoms with Crippen LogP contribution in [0.2, 0.25) is 0 Å². The summed E-state index contributed by atoms with van der Waals surface area (Å²) in [6.45, 7) is 2.55. The largest absolute Gasteiger partial charge is 0.375 e. The molecule has 1 aliphatic heterocycles. The Morgan fingerprint density at radius 3 is 2.24 bits per heavy atom. The lowest BCUT2D eigenvalue weighted by Gasteiger charge is -2.33. The molecule has 6 heteroatoms. The minimum Gasteiger partial charge on any atom is -0.375 e. The van der Waals surface area contributed by atoms with E-state index in [-0.39, 0.29) is 24.3 Å². The fourth-order valence-corrected chi connectivity index (χ4v) is 6.01. The lowest BCUT2D eigenvalue weighted by Crippen LogP contribution is -2.49. The lowest BCUT2D eigenvalue weighted by atomic mass is 9.79. The van der Waals surface area contributed by atoms with Crippen LogP contribution in [0.3, 0.4) is 0 Å². The van der Waals surface area contributed by atoms with Crippen LogP contribution in [-0.4, -0.2) is 48.1 Å². The highest BCUT2D eigenvalue weighted by Gasteiger charge is 2.57. The normalized spacial score (nSPS) is 25.6. The number of rotatable bonds is 9. The molecule has 1 saturated heterocycles. The van der Waals surface area contributed by atoms with Gasteiger partial charge in [-0.3, -0.25) is 9.59 Å². The van der Waals surface area contributed by atoms with Crippen molar-refractivity contribution in [3.63, 3.8) is 0 Å². The zero-order chi connectivity index (χ0) is 23.5. The zero-order valence-corrected chi connectivity index (χ0v) is 19.6. The maximum Gasteiger partial charge on any atom is 0.256 e. The van der Waals surface area contributed by atoms with Crippen LogP contribution in [0.15, 0.2) is 60.7 Å². The Morgan fingerprint density at radius 2 is 1.59 bits per heavy atom. The average molecular weight is 463 g/mol. The van der Waals surface area contributed by atoms with Gasteiger partial charge in [0.2, 0.25) is 5.91 Å². The van der Waals surface area contributed by atoms with E-state index in [0.29, 0.717) is 36.5 Å². The van der Waals surface area contributed by atoms with E-state index in [0.717, 1.165) is 44.3 Å². The Bertz CT molecular complexity index is 980. The molecule has 6 nitrogen and oxygen atoms in total. The molecular weight excluding hydrogens is 428 g/mol.